The molecule has 3 nitrogen and oxygen atoms in total. The van der Waals surface area contributed by atoms with Gasteiger partial charge in [-0.25, -0.2) is 0 Å². The summed E-state index contributed by atoms with van der Waals surface area (Å²) in [4.78, 5) is 17.2. The maximum Gasteiger partial charge on any atom is 0.234 e. The number of amides is 1. The predicted molar refractivity (Wildman–Crippen MR) is 89.4 cm³/mol. The number of rotatable bonds is 4. The predicted octanol–water partition coefficient (Wildman–Crippen LogP) is 3.02. The lowest BCUT2D eigenvalue weighted by atomic mass is 9.79. The van der Waals surface area contributed by atoms with Gasteiger partial charge in [0.05, 0.1) is 5.92 Å². The molecule has 1 saturated heterocycles. The lowest BCUT2D eigenvalue weighted by Crippen LogP contribution is -2.45. The smallest absolute Gasteiger partial charge is 0.234 e. The van der Waals surface area contributed by atoms with Crippen molar-refractivity contribution in [1.82, 2.24) is 9.80 Å². The summed E-state index contributed by atoms with van der Waals surface area (Å²) in [7, 11) is 4.10. The van der Waals surface area contributed by atoms with Gasteiger partial charge in [0.2, 0.25) is 5.91 Å². The zero-order valence-corrected chi connectivity index (χ0v) is 13.4. The zero-order chi connectivity index (χ0) is 15.5. The summed E-state index contributed by atoms with van der Waals surface area (Å²) >= 11 is 0. The minimum atomic E-state index is -0.00277. The average Bonchev–Trinajstić information content (AvgIpc) is 2.54. The van der Waals surface area contributed by atoms with E-state index in [-0.39, 0.29) is 11.8 Å². The number of carbonyl (C=O) groups excluding carboxylic acids is 1. The summed E-state index contributed by atoms with van der Waals surface area (Å²) in [6.07, 6.45) is 8.40. The average molecular weight is 296 g/mol. The lowest BCUT2D eigenvalue weighted by molar-refractivity contribution is -0.134. The first-order chi connectivity index (χ1) is 10.7. The van der Waals surface area contributed by atoms with Gasteiger partial charge < -0.3 is 9.80 Å². The molecule has 2 atom stereocenters. The molecule has 22 heavy (non-hydrogen) atoms. The SMILES string of the molecule is CN(C)CCN1C(=O)C(c2ccccc2)CC2CC=CC=C21. The third-order valence-corrected chi connectivity index (χ3v) is 4.61. The van der Waals surface area contributed by atoms with Gasteiger partial charge in [0.1, 0.15) is 0 Å². The molecule has 2 unspecified atom stereocenters. The third-order valence-electron chi connectivity index (χ3n) is 4.61. The molecule has 1 fully saturated rings. The molecule has 0 saturated carbocycles. The number of carbonyl (C=O) groups is 1. The molecule has 3 rings (SSSR count). The van der Waals surface area contributed by atoms with Crippen LogP contribution in [0.5, 0.6) is 0 Å². The second kappa shape index (κ2) is 6.49. The van der Waals surface area contributed by atoms with Crippen molar-refractivity contribution in [2.45, 2.75) is 18.8 Å². The van der Waals surface area contributed by atoms with Gasteiger partial charge in [-0.2, -0.15) is 0 Å². The van der Waals surface area contributed by atoms with Gasteiger partial charge in [0, 0.05) is 24.7 Å². The number of hydrogen-bond acceptors (Lipinski definition) is 2. The van der Waals surface area contributed by atoms with Crippen molar-refractivity contribution in [3.8, 4) is 0 Å². The molecular weight excluding hydrogens is 272 g/mol. The van der Waals surface area contributed by atoms with E-state index in [2.05, 4.69) is 49.4 Å². The van der Waals surface area contributed by atoms with Crippen molar-refractivity contribution in [2.24, 2.45) is 5.92 Å². The molecule has 0 spiro atoms. The highest BCUT2D eigenvalue weighted by molar-refractivity contribution is 5.86. The van der Waals surface area contributed by atoms with Crippen molar-refractivity contribution in [1.29, 1.82) is 0 Å². The Hall–Kier alpha value is -1.87. The number of likely N-dealkylation sites (N-methyl/N-ethyl adjacent to an activating group) is 1. The summed E-state index contributed by atoms with van der Waals surface area (Å²) in [5, 5.41) is 0. The molecule has 0 bridgehead atoms. The molecule has 1 aromatic rings. The molecule has 1 aliphatic heterocycles. The summed E-state index contributed by atoms with van der Waals surface area (Å²) in [5.74, 6) is 0.720. The van der Waals surface area contributed by atoms with Crippen LogP contribution in [0.25, 0.3) is 0 Å². The van der Waals surface area contributed by atoms with Crippen molar-refractivity contribution in [2.75, 3.05) is 27.2 Å². The van der Waals surface area contributed by atoms with Crippen LogP contribution in [0.1, 0.15) is 24.3 Å². The fraction of sp³-hybridized carbons (Fsp3) is 0.421. The van der Waals surface area contributed by atoms with E-state index >= 15 is 0 Å². The molecule has 3 heteroatoms. The summed E-state index contributed by atoms with van der Waals surface area (Å²) < 4.78 is 0. The lowest BCUT2D eigenvalue weighted by Gasteiger charge is -2.41. The van der Waals surface area contributed by atoms with Gasteiger partial charge in [0.15, 0.2) is 0 Å². The van der Waals surface area contributed by atoms with Gasteiger partial charge in [-0.3, -0.25) is 4.79 Å². The fourth-order valence-corrected chi connectivity index (χ4v) is 3.40. The molecule has 2 aliphatic rings. The van der Waals surface area contributed by atoms with Crippen LogP contribution in [-0.4, -0.2) is 42.9 Å². The Morgan fingerprint density at radius 3 is 2.73 bits per heavy atom. The quantitative estimate of drug-likeness (QED) is 0.852. The number of benzene rings is 1. The second-order valence-electron chi connectivity index (χ2n) is 6.44. The Morgan fingerprint density at radius 1 is 1.23 bits per heavy atom. The maximum atomic E-state index is 13.0. The van der Waals surface area contributed by atoms with Crippen LogP contribution in [0.4, 0.5) is 0 Å². The molecule has 0 aromatic heterocycles. The first-order valence-corrected chi connectivity index (χ1v) is 8.04. The molecule has 1 heterocycles. The first kappa shape index (κ1) is 15.0. The fourth-order valence-electron chi connectivity index (χ4n) is 3.40. The van der Waals surface area contributed by atoms with Crippen LogP contribution in [0.2, 0.25) is 0 Å². The topological polar surface area (TPSA) is 23.6 Å². The van der Waals surface area contributed by atoms with Crippen molar-refractivity contribution in [3.63, 3.8) is 0 Å². The molecule has 0 N–H and O–H groups in total. The van der Waals surface area contributed by atoms with Crippen molar-refractivity contribution >= 4 is 5.91 Å². The van der Waals surface area contributed by atoms with Gasteiger partial charge >= 0.3 is 0 Å². The Labute approximate surface area is 132 Å². The van der Waals surface area contributed by atoms with Crippen LogP contribution in [0.3, 0.4) is 0 Å². The number of nitrogens with zero attached hydrogens (tertiary/aromatic N) is 2. The van der Waals surface area contributed by atoms with Crippen LogP contribution in [0, 0.1) is 5.92 Å². The normalized spacial score (nSPS) is 24.4. The minimum Gasteiger partial charge on any atom is -0.314 e. The Kier molecular flexibility index (Phi) is 4.44. The van der Waals surface area contributed by atoms with Crippen LogP contribution >= 0.6 is 0 Å². The minimum absolute atomic E-state index is 0.00277. The van der Waals surface area contributed by atoms with Crippen LogP contribution < -0.4 is 0 Å². The number of piperidine rings is 1. The van der Waals surface area contributed by atoms with Crippen molar-refractivity contribution in [3.05, 3.63) is 59.8 Å². The summed E-state index contributed by atoms with van der Waals surface area (Å²) in [6, 6.07) is 10.2. The van der Waals surface area contributed by atoms with E-state index < -0.39 is 0 Å². The molecule has 116 valence electrons. The number of fused-ring (bicyclic) bond motifs is 1. The van der Waals surface area contributed by atoms with Gasteiger partial charge in [-0.05, 0) is 38.6 Å². The largest absolute Gasteiger partial charge is 0.314 e. The monoisotopic (exact) mass is 296 g/mol. The molecule has 1 aliphatic carbocycles. The summed E-state index contributed by atoms with van der Waals surface area (Å²) in [6.45, 7) is 1.66. The van der Waals surface area contributed by atoms with Crippen LogP contribution in [-0.2, 0) is 4.79 Å². The van der Waals surface area contributed by atoms with E-state index in [0.29, 0.717) is 5.92 Å². The first-order valence-electron chi connectivity index (χ1n) is 8.04. The third kappa shape index (κ3) is 3.00. The van der Waals surface area contributed by atoms with Gasteiger partial charge in [-0.15, -0.1) is 0 Å². The van der Waals surface area contributed by atoms with E-state index in [1.807, 2.05) is 23.1 Å². The van der Waals surface area contributed by atoms with Gasteiger partial charge in [0.25, 0.3) is 0 Å². The highest BCUT2D eigenvalue weighted by Gasteiger charge is 2.38. The Bertz CT molecular complexity index is 589. The zero-order valence-electron chi connectivity index (χ0n) is 13.4. The molecule has 0 radical (unpaired) electrons. The Morgan fingerprint density at radius 2 is 2.00 bits per heavy atom. The standard InChI is InChI=1S/C19H24N2O/c1-20(2)12-13-21-18-11-7-6-10-16(18)14-17(19(21)22)15-8-4-3-5-9-15/h3-9,11,16-17H,10,12-14H2,1-2H3. The highest BCUT2D eigenvalue weighted by Crippen LogP contribution is 2.40. The second-order valence-corrected chi connectivity index (χ2v) is 6.44. The van der Waals surface area contributed by atoms with E-state index in [1.165, 1.54) is 5.70 Å². The summed E-state index contributed by atoms with van der Waals surface area (Å²) in [5.41, 5.74) is 2.36. The molecule has 1 aromatic carbocycles. The van der Waals surface area contributed by atoms with Gasteiger partial charge in [-0.1, -0.05) is 42.5 Å². The Balaban J connectivity index is 1.88. The van der Waals surface area contributed by atoms with Crippen molar-refractivity contribution < 1.29 is 4.79 Å². The highest BCUT2D eigenvalue weighted by atomic mass is 16.2. The van der Waals surface area contributed by atoms with E-state index in [9.17, 15) is 4.79 Å². The van der Waals surface area contributed by atoms with E-state index in [4.69, 9.17) is 0 Å². The number of likely N-dealkylation sites (tertiary alicyclic amines) is 1. The maximum absolute atomic E-state index is 13.0. The number of hydrogen-bond donors (Lipinski definition) is 0. The molecule has 1 amide bonds. The van der Waals surface area contributed by atoms with Crippen LogP contribution in [0.15, 0.2) is 54.3 Å². The molecular formula is C19H24N2O. The van der Waals surface area contributed by atoms with E-state index in [1.54, 1.807) is 0 Å². The van der Waals surface area contributed by atoms with E-state index in [0.717, 1.165) is 31.5 Å². The number of allylic oxidation sites excluding steroid dienone is 4.